The third-order valence-electron chi connectivity index (χ3n) is 2.42. The summed E-state index contributed by atoms with van der Waals surface area (Å²) >= 11 is 1.68. The zero-order chi connectivity index (χ0) is 10.0. The van der Waals surface area contributed by atoms with E-state index < -0.39 is 9.84 Å². The van der Waals surface area contributed by atoms with E-state index in [0.29, 0.717) is 24.6 Å². The highest BCUT2D eigenvalue weighted by Gasteiger charge is 2.21. The molecule has 0 unspecified atom stereocenters. The Bertz CT molecular complexity index is 369. The predicted octanol–water partition coefficient (Wildman–Crippen LogP) is 0.978. The summed E-state index contributed by atoms with van der Waals surface area (Å²) in [6.45, 7) is 2.25. The molecule has 1 aliphatic heterocycles. The molecule has 3 nitrogen and oxygen atoms in total. The zero-order valence-corrected chi connectivity index (χ0v) is 9.48. The molecule has 1 aliphatic rings. The molecule has 0 aliphatic carbocycles. The highest BCUT2D eigenvalue weighted by atomic mass is 32.2. The number of thiophene rings is 1. The monoisotopic (exact) mass is 231 g/mol. The Morgan fingerprint density at radius 1 is 1.36 bits per heavy atom. The first kappa shape index (κ1) is 10.1. The molecule has 0 spiro atoms. The van der Waals surface area contributed by atoms with Crippen LogP contribution in [-0.2, 0) is 16.4 Å². The van der Waals surface area contributed by atoms with Crippen LogP contribution in [0.2, 0.25) is 0 Å². The van der Waals surface area contributed by atoms with Gasteiger partial charge in [0.2, 0.25) is 0 Å². The molecule has 1 fully saturated rings. The predicted molar refractivity (Wildman–Crippen MR) is 58.2 cm³/mol. The van der Waals surface area contributed by atoms with Crippen molar-refractivity contribution in [2.24, 2.45) is 0 Å². The van der Waals surface area contributed by atoms with E-state index in [-0.39, 0.29) is 0 Å². The van der Waals surface area contributed by atoms with Gasteiger partial charge in [-0.2, -0.15) is 11.3 Å². The van der Waals surface area contributed by atoms with Crippen molar-refractivity contribution in [2.75, 3.05) is 24.6 Å². The molecule has 0 bridgehead atoms. The first-order chi connectivity index (χ1) is 6.66. The van der Waals surface area contributed by atoms with Crippen molar-refractivity contribution in [3.05, 3.63) is 22.4 Å². The van der Waals surface area contributed by atoms with Crippen molar-refractivity contribution >= 4 is 21.2 Å². The van der Waals surface area contributed by atoms with Crippen molar-refractivity contribution in [3.63, 3.8) is 0 Å². The van der Waals surface area contributed by atoms with Crippen molar-refractivity contribution in [2.45, 2.75) is 6.54 Å². The van der Waals surface area contributed by atoms with Gasteiger partial charge in [-0.1, -0.05) is 0 Å². The molecule has 1 aromatic rings. The second-order valence-electron chi connectivity index (χ2n) is 3.56. The number of hydrogen-bond donors (Lipinski definition) is 0. The Labute approximate surface area is 88.3 Å². The molecule has 0 saturated carbocycles. The summed E-state index contributed by atoms with van der Waals surface area (Å²) in [5.41, 5.74) is 1.29. The Hall–Kier alpha value is -0.390. The minimum atomic E-state index is -2.73. The minimum Gasteiger partial charge on any atom is -0.297 e. The largest absolute Gasteiger partial charge is 0.297 e. The Kier molecular flexibility index (Phi) is 2.90. The first-order valence-corrected chi connectivity index (χ1v) is 7.36. The van der Waals surface area contributed by atoms with Crippen LogP contribution < -0.4 is 0 Å². The summed E-state index contributed by atoms with van der Waals surface area (Å²) in [5.74, 6) is 0.633. The van der Waals surface area contributed by atoms with Gasteiger partial charge < -0.3 is 0 Å². The molecule has 0 aromatic carbocycles. The molecule has 0 radical (unpaired) electrons. The van der Waals surface area contributed by atoms with Gasteiger partial charge in [-0.05, 0) is 22.4 Å². The summed E-state index contributed by atoms with van der Waals surface area (Å²) in [4.78, 5) is 2.20. The Balaban J connectivity index is 1.91. The average Bonchev–Trinajstić information content (AvgIpc) is 2.61. The maximum Gasteiger partial charge on any atom is 0.152 e. The molecular weight excluding hydrogens is 218 g/mol. The first-order valence-electron chi connectivity index (χ1n) is 4.60. The van der Waals surface area contributed by atoms with Gasteiger partial charge in [-0.3, -0.25) is 4.90 Å². The van der Waals surface area contributed by atoms with Crippen LogP contribution in [-0.4, -0.2) is 37.9 Å². The lowest BCUT2D eigenvalue weighted by atomic mass is 10.3. The van der Waals surface area contributed by atoms with Crippen LogP contribution in [0.1, 0.15) is 5.56 Å². The van der Waals surface area contributed by atoms with Crippen LogP contribution >= 0.6 is 11.3 Å². The minimum absolute atomic E-state index is 0.317. The van der Waals surface area contributed by atoms with Crippen LogP contribution in [0.25, 0.3) is 0 Å². The van der Waals surface area contributed by atoms with Gasteiger partial charge in [0, 0.05) is 19.6 Å². The summed E-state index contributed by atoms with van der Waals surface area (Å²) in [5, 5.41) is 4.17. The lowest BCUT2D eigenvalue weighted by Gasteiger charge is -2.25. The lowest BCUT2D eigenvalue weighted by Crippen LogP contribution is -2.39. The van der Waals surface area contributed by atoms with Crippen molar-refractivity contribution in [1.82, 2.24) is 4.90 Å². The lowest BCUT2D eigenvalue weighted by molar-refractivity contribution is 0.288. The molecule has 14 heavy (non-hydrogen) atoms. The zero-order valence-electron chi connectivity index (χ0n) is 7.85. The number of hydrogen-bond acceptors (Lipinski definition) is 4. The smallest absolute Gasteiger partial charge is 0.152 e. The van der Waals surface area contributed by atoms with Gasteiger partial charge in [0.15, 0.2) is 9.84 Å². The van der Waals surface area contributed by atoms with E-state index >= 15 is 0 Å². The molecule has 2 heterocycles. The maximum absolute atomic E-state index is 11.2. The van der Waals surface area contributed by atoms with Crippen LogP contribution in [0.3, 0.4) is 0 Å². The molecule has 2 rings (SSSR count). The van der Waals surface area contributed by atoms with E-state index in [0.717, 1.165) is 6.54 Å². The van der Waals surface area contributed by atoms with E-state index in [1.807, 2.05) is 0 Å². The van der Waals surface area contributed by atoms with Crippen LogP contribution in [0.5, 0.6) is 0 Å². The Morgan fingerprint density at radius 2 is 2.07 bits per heavy atom. The van der Waals surface area contributed by atoms with E-state index in [1.165, 1.54) is 5.56 Å². The summed E-state index contributed by atoms with van der Waals surface area (Å²) in [6, 6.07) is 2.09. The topological polar surface area (TPSA) is 37.4 Å². The number of nitrogens with zero attached hydrogens (tertiary/aromatic N) is 1. The van der Waals surface area contributed by atoms with E-state index in [4.69, 9.17) is 0 Å². The van der Waals surface area contributed by atoms with Crippen molar-refractivity contribution in [1.29, 1.82) is 0 Å². The molecule has 0 N–H and O–H groups in total. The Morgan fingerprint density at radius 3 is 2.64 bits per heavy atom. The SMILES string of the molecule is O=S1(=O)CCN(Cc2ccsc2)CC1. The van der Waals surface area contributed by atoms with Gasteiger partial charge in [-0.15, -0.1) is 0 Å². The third kappa shape index (κ3) is 2.56. The maximum atomic E-state index is 11.2. The normalized spacial score (nSPS) is 22.3. The molecular formula is C9H13NO2S2. The summed E-state index contributed by atoms with van der Waals surface area (Å²) in [7, 11) is -2.73. The van der Waals surface area contributed by atoms with Crippen LogP contribution in [0.4, 0.5) is 0 Å². The standard InChI is InChI=1S/C9H13NO2S2/c11-14(12)5-2-10(3-6-14)7-9-1-4-13-8-9/h1,4,8H,2-3,5-7H2. The van der Waals surface area contributed by atoms with Crippen LogP contribution in [0, 0.1) is 0 Å². The highest BCUT2D eigenvalue weighted by molar-refractivity contribution is 7.91. The van der Waals surface area contributed by atoms with Gasteiger partial charge in [-0.25, -0.2) is 8.42 Å². The van der Waals surface area contributed by atoms with Crippen molar-refractivity contribution in [3.8, 4) is 0 Å². The fourth-order valence-corrected chi connectivity index (χ4v) is 3.49. The molecule has 78 valence electrons. The molecule has 0 amide bonds. The summed E-state index contributed by atoms with van der Waals surface area (Å²) in [6.07, 6.45) is 0. The quantitative estimate of drug-likeness (QED) is 0.761. The van der Waals surface area contributed by atoms with Crippen LogP contribution in [0.15, 0.2) is 16.8 Å². The number of sulfone groups is 1. The second kappa shape index (κ2) is 4.00. The van der Waals surface area contributed by atoms with E-state index in [9.17, 15) is 8.42 Å². The summed E-state index contributed by atoms with van der Waals surface area (Å²) < 4.78 is 22.3. The second-order valence-corrected chi connectivity index (χ2v) is 6.64. The van der Waals surface area contributed by atoms with Gasteiger partial charge in [0.05, 0.1) is 11.5 Å². The highest BCUT2D eigenvalue weighted by Crippen LogP contribution is 2.12. The van der Waals surface area contributed by atoms with E-state index in [2.05, 4.69) is 21.7 Å². The third-order valence-corrected chi connectivity index (χ3v) is 4.76. The molecule has 1 aromatic heterocycles. The average molecular weight is 231 g/mol. The van der Waals surface area contributed by atoms with Gasteiger partial charge in [0.25, 0.3) is 0 Å². The fraction of sp³-hybridized carbons (Fsp3) is 0.556. The molecule has 5 heteroatoms. The van der Waals surface area contributed by atoms with Gasteiger partial charge in [0.1, 0.15) is 0 Å². The number of rotatable bonds is 2. The van der Waals surface area contributed by atoms with Gasteiger partial charge >= 0.3 is 0 Å². The fourth-order valence-electron chi connectivity index (χ4n) is 1.55. The molecule has 0 atom stereocenters. The van der Waals surface area contributed by atoms with Crippen molar-refractivity contribution < 1.29 is 8.42 Å². The van der Waals surface area contributed by atoms with E-state index in [1.54, 1.807) is 11.3 Å². The molecule has 1 saturated heterocycles.